The van der Waals surface area contributed by atoms with Crippen molar-refractivity contribution >= 4 is 50.0 Å². The Labute approximate surface area is 106 Å². The molecule has 84 valence electrons. The third-order valence-corrected chi connectivity index (χ3v) is 3.04. The summed E-state index contributed by atoms with van der Waals surface area (Å²) >= 11 is 8.78. The van der Waals surface area contributed by atoms with Crippen LogP contribution in [0.4, 0.5) is 5.69 Å². The number of carbonyl (C=O) groups excluding carboxylic acids is 1. The van der Waals surface area contributed by atoms with Crippen LogP contribution in [0, 0.1) is 0 Å². The number of carbonyl (C=O) groups is 1. The smallest absolute Gasteiger partial charge is 0.239 e. The second kappa shape index (κ2) is 4.43. The Morgan fingerprint density at radius 1 is 1.62 bits per heavy atom. The highest BCUT2D eigenvalue weighted by molar-refractivity contribution is 9.10. The van der Waals surface area contributed by atoms with Gasteiger partial charge in [-0.3, -0.25) is 9.48 Å². The Kier molecular flexibility index (Phi) is 3.16. The molecule has 16 heavy (non-hydrogen) atoms. The number of alkyl halides is 1. The lowest BCUT2D eigenvalue weighted by Crippen LogP contribution is -2.12. The van der Waals surface area contributed by atoms with Gasteiger partial charge in [0.1, 0.15) is 10.5 Å². The van der Waals surface area contributed by atoms with Gasteiger partial charge in [-0.05, 0) is 34.1 Å². The number of aryl methyl sites for hydroxylation is 1. The number of anilines is 1. The summed E-state index contributed by atoms with van der Waals surface area (Å²) in [6, 6.07) is 5.58. The summed E-state index contributed by atoms with van der Waals surface area (Å²) in [4.78, 5) is 11.1. The van der Waals surface area contributed by atoms with Gasteiger partial charge in [0.2, 0.25) is 5.91 Å². The van der Waals surface area contributed by atoms with Crippen LogP contribution in [0.1, 0.15) is 0 Å². The number of benzene rings is 1. The summed E-state index contributed by atoms with van der Waals surface area (Å²) < 4.78 is 2.54. The Morgan fingerprint density at radius 2 is 2.38 bits per heavy atom. The molecule has 0 aliphatic rings. The van der Waals surface area contributed by atoms with Crippen molar-refractivity contribution in [3.63, 3.8) is 0 Å². The fourth-order valence-corrected chi connectivity index (χ4v) is 2.13. The molecule has 1 N–H and O–H groups in total. The molecular formula is C10H9BrClN3O. The Balaban J connectivity index is 2.43. The fraction of sp³-hybridized carbons (Fsp3) is 0.200. The molecule has 0 aliphatic heterocycles. The zero-order valence-electron chi connectivity index (χ0n) is 8.50. The number of amides is 1. The molecule has 1 aromatic heterocycles. The van der Waals surface area contributed by atoms with Crippen molar-refractivity contribution in [2.45, 2.75) is 0 Å². The Bertz CT molecular complexity index is 552. The number of hydrogen-bond donors (Lipinski definition) is 1. The third-order valence-electron chi connectivity index (χ3n) is 2.21. The maximum absolute atomic E-state index is 11.1. The summed E-state index contributed by atoms with van der Waals surface area (Å²) in [7, 11) is 1.85. The summed E-state index contributed by atoms with van der Waals surface area (Å²) in [5, 5.41) is 7.92. The molecule has 1 heterocycles. The molecule has 0 bridgehead atoms. The van der Waals surface area contributed by atoms with Crippen LogP contribution in [-0.2, 0) is 11.8 Å². The van der Waals surface area contributed by atoms with Crippen LogP contribution in [0.3, 0.4) is 0 Å². The monoisotopic (exact) mass is 301 g/mol. The molecule has 0 aliphatic carbocycles. The van der Waals surface area contributed by atoms with Crippen LogP contribution >= 0.6 is 27.5 Å². The van der Waals surface area contributed by atoms with E-state index >= 15 is 0 Å². The van der Waals surface area contributed by atoms with Crippen molar-refractivity contribution in [1.82, 2.24) is 9.78 Å². The van der Waals surface area contributed by atoms with Crippen molar-refractivity contribution in [1.29, 1.82) is 0 Å². The van der Waals surface area contributed by atoms with Crippen LogP contribution in [0.5, 0.6) is 0 Å². The number of nitrogens with one attached hydrogen (secondary N) is 1. The molecule has 6 heteroatoms. The van der Waals surface area contributed by atoms with Crippen LogP contribution in [0.25, 0.3) is 10.9 Å². The van der Waals surface area contributed by atoms with Gasteiger partial charge in [0.05, 0.1) is 5.52 Å². The predicted molar refractivity (Wildman–Crippen MR) is 67.8 cm³/mol. The maximum atomic E-state index is 11.1. The van der Waals surface area contributed by atoms with Crippen molar-refractivity contribution < 1.29 is 4.79 Å². The van der Waals surface area contributed by atoms with Crippen molar-refractivity contribution in [2.75, 3.05) is 11.2 Å². The van der Waals surface area contributed by atoms with Gasteiger partial charge in [0.15, 0.2) is 0 Å². The second-order valence-electron chi connectivity index (χ2n) is 3.33. The van der Waals surface area contributed by atoms with E-state index in [1.54, 1.807) is 4.68 Å². The first-order valence-electron chi connectivity index (χ1n) is 4.60. The minimum absolute atomic E-state index is 0.0485. The summed E-state index contributed by atoms with van der Waals surface area (Å²) in [6.07, 6.45) is 0. The maximum Gasteiger partial charge on any atom is 0.239 e. The molecule has 0 saturated heterocycles. The quantitative estimate of drug-likeness (QED) is 0.867. The molecular weight excluding hydrogens is 293 g/mol. The first-order valence-corrected chi connectivity index (χ1v) is 5.92. The Hall–Kier alpha value is -1.07. The normalized spacial score (nSPS) is 10.7. The molecule has 0 atom stereocenters. The molecule has 0 radical (unpaired) electrons. The highest BCUT2D eigenvalue weighted by atomic mass is 79.9. The lowest BCUT2D eigenvalue weighted by molar-refractivity contribution is -0.113. The van der Waals surface area contributed by atoms with Gasteiger partial charge in [-0.1, -0.05) is 0 Å². The second-order valence-corrected chi connectivity index (χ2v) is 4.35. The standard InChI is InChI=1S/C10H9BrClN3O/c1-15-8-4-6(13-9(16)5-12)2-3-7(8)10(11)14-15/h2-4H,5H2,1H3,(H,13,16). The van der Waals surface area contributed by atoms with E-state index in [1.165, 1.54) is 0 Å². The van der Waals surface area contributed by atoms with E-state index < -0.39 is 0 Å². The molecule has 0 fully saturated rings. The van der Waals surface area contributed by atoms with Crippen molar-refractivity contribution in [3.8, 4) is 0 Å². The van der Waals surface area contributed by atoms with Gasteiger partial charge < -0.3 is 5.32 Å². The zero-order chi connectivity index (χ0) is 11.7. The molecule has 0 saturated carbocycles. The molecule has 4 nitrogen and oxygen atoms in total. The predicted octanol–water partition coefficient (Wildman–Crippen LogP) is 2.51. The minimum atomic E-state index is -0.220. The average Bonchev–Trinajstić information content (AvgIpc) is 2.54. The molecule has 2 rings (SSSR count). The van der Waals surface area contributed by atoms with Crippen LogP contribution in [0.15, 0.2) is 22.8 Å². The van der Waals surface area contributed by atoms with Gasteiger partial charge in [-0.25, -0.2) is 0 Å². The van der Waals surface area contributed by atoms with E-state index in [1.807, 2.05) is 25.2 Å². The minimum Gasteiger partial charge on any atom is -0.325 e. The van der Waals surface area contributed by atoms with Crippen LogP contribution in [-0.4, -0.2) is 21.6 Å². The third kappa shape index (κ3) is 2.05. The summed E-state index contributed by atoms with van der Waals surface area (Å²) in [6.45, 7) is 0. The number of halogens is 2. The highest BCUT2D eigenvalue weighted by Crippen LogP contribution is 2.25. The average molecular weight is 303 g/mol. The topological polar surface area (TPSA) is 46.9 Å². The van der Waals surface area contributed by atoms with Gasteiger partial charge in [-0.15, -0.1) is 11.6 Å². The van der Waals surface area contributed by atoms with E-state index in [2.05, 4.69) is 26.3 Å². The lowest BCUT2D eigenvalue weighted by Gasteiger charge is -2.03. The number of aromatic nitrogens is 2. The van der Waals surface area contributed by atoms with E-state index in [0.717, 1.165) is 15.5 Å². The van der Waals surface area contributed by atoms with E-state index in [-0.39, 0.29) is 11.8 Å². The SMILES string of the molecule is Cn1nc(Br)c2ccc(NC(=O)CCl)cc21. The van der Waals surface area contributed by atoms with Crippen LogP contribution in [0.2, 0.25) is 0 Å². The number of rotatable bonds is 2. The Morgan fingerprint density at radius 3 is 3.06 bits per heavy atom. The van der Waals surface area contributed by atoms with Gasteiger partial charge >= 0.3 is 0 Å². The number of nitrogens with zero attached hydrogens (tertiary/aromatic N) is 2. The zero-order valence-corrected chi connectivity index (χ0v) is 10.8. The first kappa shape index (κ1) is 11.4. The van der Waals surface area contributed by atoms with Crippen molar-refractivity contribution in [2.24, 2.45) is 7.05 Å². The molecule has 2 aromatic rings. The van der Waals surface area contributed by atoms with Crippen molar-refractivity contribution in [3.05, 3.63) is 22.8 Å². The summed E-state index contributed by atoms with van der Waals surface area (Å²) in [5.74, 6) is -0.269. The molecule has 0 spiro atoms. The van der Waals surface area contributed by atoms with Gasteiger partial charge in [0, 0.05) is 18.1 Å². The van der Waals surface area contributed by atoms with E-state index in [0.29, 0.717) is 5.69 Å². The van der Waals surface area contributed by atoms with Crippen LogP contribution < -0.4 is 5.32 Å². The van der Waals surface area contributed by atoms with E-state index in [4.69, 9.17) is 11.6 Å². The lowest BCUT2D eigenvalue weighted by atomic mass is 10.2. The molecule has 0 unspecified atom stereocenters. The largest absolute Gasteiger partial charge is 0.325 e. The highest BCUT2D eigenvalue weighted by Gasteiger charge is 2.07. The van der Waals surface area contributed by atoms with Gasteiger partial charge in [-0.2, -0.15) is 5.10 Å². The number of hydrogen-bond acceptors (Lipinski definition) is 2. The molecule has 1 aromatic carbocycles. The van der Waals surface area contributed by atoms with E-state index in [9.17, 15) is 4.79 Å². The summed E-state index contributed by atoms with van der Waals surface area (Å²) in [5.41, 5.74) is 1.66. The first-order chi connectivity index (χ1) is 7.61. The molecule has 1 amide bonds. The number of fused-ring (bicyclic) bond motifs is 1. The fourth-order valence-electron chi connectivity index (χ4n) is 1.49. The van der Waals surface area contributed by atoms with Gasteiger partial charge in [0.25, 0.3) is 0 Å².